The first-order chi connectivity index (χ1) is 4.81. The summed E-state index contributed by atoms with van der Waals surface area (Å²) >= 11 is 0. The van der Waals surface area contributed by atoms with Crippen molar-refractivity contribution in [1.29, 1.82) is 0 Å². The summed E-state index contributed by atoms with van der Waals surface area (Å²) in [5, 5.41) is 2.37. The predicted octanol–water partition coefficient (Wildman–Crippen LogP) is 0.822. The van der Waals surface area contributed by atoms with Crippen LogP contribution < -0.4 is 5.32 Å². The van der Waals surface area contributed by atoms with Crippen molar-refractivity contribution in [3.63, 3.8) is 0 Å². The molecule has 1 N–H and O–H groups in total. The van der Waals surface area contributed by atoms with Gasteiger partial charge in [0.15, 0.2) is 0 Å². The molecular weight excluding hydrogens is 140 g/mol. The molecule has 0 aliphatic carbocycles. The van der Waals surface area contributed by atoms with Gasteiger partial charge in [-0.2, -0.15) is 0 Å². The lowest BCUT2D eigenvalue weighted by Crippen LogP contribution is -2.24. The van der Waals surface area contributed by atoms with Crippen molar-refractivity contribution in [2.75, 3.05) is 19.9 Å². The molecule has 0 saturated heterocycles. The van der Waals surface area contributed by atoms with Gasteiger partial charge >= 0.3 is 0 Å². The Balaban J connectivity index is 3.05. The summed E-state index contributed by atoms with van der Waals surface area (Å²) in [5.41, 5.74) is 0. The standard InChI is InChI=1S/C6H11F2NO/c7-3-1-5-9-6(10)2-4-8/h1-5H2,(H,9,10). The summed E-state index contributed by atoms with van der Waals surface area (Å²) in [7, 11) is 0. The first kappa shape index (κ1) is 9.33. The lowest BCUT2D eigenvalue weighted by Gasteiger charge is -1.99. The third-order valence-corrected chi connectivity index (χ3v) is 0.954. The van der Waals surface area contributed by atoms with Crippen LogP contribution in [-0.4, -0.2) is 25.8 Å². The first-order valence-electron chi connectivity index (χ1n) is 3.20. The molecule has 0 heterocycles. The van der Waals surface area contributed by atoms with E-state index in [0.717, 1.165) is 0 Å². The van der Waals surface area contributed by atoms with Crippen LogP contribution in [0.15, 0.2) is 0 Å². The van der Waals surface area contributed by atoms with E-state index in [-0.39, 0.29) is 12.3 Å². The second kappa shape index (κ2) is 6.45. The van der Waals surface area contributed by atoms with Crippen LogP contribution in [-0.2, 0) is 4.79 Å². The first-order valence-corrected chi connectivity index (χ1v) is 3.20. The number of carbonyl (C=O) groups is 1. The van der Waals surface area contributed by atoms with Gasteiger partial charge in [0.05, 0.1) is 19.8 Å². The monoisotopic (exact) mass is 151 g/mol. The molecule has 0 aliphatic heterocycles. The number of halogens is 2. The van der Waals surface area contributed by atoms with Gasteiger partial charge in [-0.15, -0.1) is 0 Å². The van der Waals surface area contributed by atoms with Crippen LogP contribution in [0.1, 0.15) is 12.8 Å². The van der Waals surface area contributed by atoms with Crippen molar-refractivity contribution in [3.05, 3.63) is 0 Å². The van der Waals surface area contributed by atoms with E-state index < -0.39 is 13.3 Å². The topological polar surface area (TPSA) is 29.1 Å². The fourth-order valence-corrected chi connectivity index (χ4v) is 0.469. The molecule has 0 aromatic rings. The van der Waals surface area contributed by atoms with Crippen LogP contribution in [0.2, 0.25) is 0 Å². The molecule has 0 saturated carbocycles. The van der Waals surface area contributed by atoms with Crippen molar-refractivity contribution in [1.82, 2.24) is 5.32 Å². The second-order valence-electron chi connectivity index (χ2n) is 1.83. The average Bonchev–Trinajstić information content (AvgIpc) is 1.89. The molecule has 0 spiro atoms. The summed E-state index contributed by atoms with van der Waals surface area (Å²) in [6.07, 6.45) is 0.185. The van der Waals surface area contributed by atoms with Crippen molar-refractivity contribution in [2.24, 2.45) is 0 Å². The van der Waals surface area contributed by atoms with E-state index in [2.05, 4.69) is 5.32 Å². The fraction of sp³-hybridized carbons (Fsp3) is 0.833. The van der Waals surface area contributed by atoms with Crippen LogP contribution in [0.4, 0.5) is 8.78 Å². The quantitative estimate of drug-likeness (QED) is 0.579. The van der Waals surface area contributed by atoms with Gasteiger partial charge in [-0.1, -0.05) is 0 Å². The summed E-state index contributed by atoms with van der Waals surface area (Å²) in [5.74, 6) is -0.351. The maximum absolute atomic E-state index is 11.4. The number of nitrogens with one attached hydrogen (secondary N) is 1. The van der Waals surface area contributed by atoms with E-state index in [1.165, 1.54) is 0 Å². The van der Waals surface area contributed by atoms with E-state index in [0.29, 0.717) is 13.0 Å². The molecule has 0 atom stereocenters. The zero-order chi connectivity index (χ0) is 7.82. The minimum Gasteiger partial charge on any atom is -0.356 e. The highest BCUT2D eigenvalue weighted by molar-refractivity contribution is 5.75. The zero-order valence-corrected chi connectivity index (χ0v) is 5.70. The molecule has 0 aromatic carbocycles. The molecule has 4 heteroatoms. The van der Waals surface area contributed by atoms with Crippen LogP contribution in [0, 0.1) is 0 Å². The van der Waals surface area contributed by atoms with Gasteiger partial charge in [0.2, 0.25) is 5.91 Å². The van der Waals surface area contributed by atoms with Gasteiger partial charge in [0, 0.05) is 6.54 Å². The molecule has 2 nitrogen and oxygen atoms in total. The van der Waals surface area contributed by atoms with Crippen LogP contribution in [0.25, 0.3) is 0 Å². The van der Waals surface area contributed by atoms with E-state index in [1.807, 2.05) is 0 Å². The Kier molecular flexibility index (Phi) is 6.02. The predicted molar refractivity (Wildman–Crippen MR) is 34.2 cm³/mol. The third-order valence-electron chi connectivity index (χ3n) is 0.954. The van der Waals surface area contributed by atoms with Crippen molar-refractivity contribution >= 4 is 5.91 Å². The second-order valence-corrected chi connectivity index (χ2v) is 1.83. The molecule has 0 aromatic heterocycles. The Labute approximate surface area is 58.6 Å². The van der Waals surface area contributed by atoms with Gasteiger partial charge in [0.1, 0.15) is 0 Å². The summed E-state index contributed by atoms with van der Waals surface area (Å²) in [4.78, 5) is 10.4. The Morgan fingerprint density at radius 3 is 2.50 bits per heavy atom. The molecule has 0 bridgehead atoms. The van der Waals surface area contributed by atoms with Crippen molar-refractivity contribution < 1.29 is 13.6 Å². The summed E-state index contributed by atoms with van der Waals surface area (Å²) < 4.78 is 22.8. The molecule has 1 amide bonds. The highest BCUT2D eigenvalue weighted by atomic mass is 19.1. The smallest absolute Gasteiger partial charge is 0.222 e. The number of carbonyl (C=O) groups excluding carboxylic acids is 1. The number of hydrogen-bond acceptors (Lipinski definition) is 1. The number of rotatable bonds is 5. The van der Waals surface area contributed by atoms with E-state index in [1.54, 1.807) is 0 Å². The molecule has 0 fully saturated rings. The van der Waals surface area contributed by atoms with E-state index in [9.17, 15) is 13.6 Å². The molecule has 0 rings (SSSR count). The number of alkyl halides is 2. The molecule has 0 aliphatic rings. The van der Waals surface area contributed by atoms with E-state index >= 15 is 0 Å². The van der Waals surface area contributed by atoms with Gasteiger partial charge < -0.3 is 5.32 Å². The van der Waals surface area contributed by atoms with Crippen LogP contribution >= 0.6 is 0 Å². The molecular formula is C6H11F2NO. The number of hydrogen-bond donors (Lipinski definition) is 1. The fourth-order valence-electron chi connectivity index (χ4n) is 0.469. The van der Waals surface area contributed by atoms with Gasteiger partial charge in [-0.05, 0) is 6.42 Å². The average molecular weight is 151 g/mol. The van der Waals surface area contributed by atoms with Crippen molar-refractivity contribution in [2.45, 2.75) is 12.8 Å². The Morgan fingerprint density at radius 2 is 2.00 bits per heavy atom. The SMILES string of the molecule is O=C(CCF)NCCCF. The Hall–Kier alpha value is -0.670. The number of amides is 1. The normalized spacial score (nSPS) is 9.40. The molecule has 0 unspecified atom stereocenters. The lowest BCUT2D eigenvalue weighted by molar-refractivity contribution is -0.121. The van der Waals surface area contributed by atoms with E-state index in [4.69, 9.17) is 0 Å². The molecule has 60 valence electrons. The minimum atomic E-state index is -0.651. The lowest BCUT2D eigenvalue weighted by atomic mass is 10.4. The third kappa shape index (κ3) is 5.47. The molecule has 10 heavy (non-hydrogen) atoms. The van der Waals surface area contributed by atoms with Crippen molar-refractivity contribution in [3.8, 4) is 0 Å². The maximum Gasteiger partial charge on any atom is 0.222 e. The highest BCUT2D eigenvalue weighted by Crippen LogP contribution is 1.82. The van der Waals surface area contributed by atoms with Gasteiger partial charge in [-0.25, -0.2) is 0 Å². The zero-order valence-electron chi connectivity index (χ0n) is 5.70. The van der Waals surface area contributed by atoms with Crippen LogP contribution in [0.5, 0.6) is 0 Å². The maximum atomic E-state index is 11.4. The van der Waals surface area contributed by atoms with Gasteiger partial charge in [0.25, 0.3) is 0 Å². The van der Waals surface area contributed by atoms with Crippen LogP contribution in [0.3, 0.4) is 0 Å². The Morgan fingerprint density at radius 1 is 1.30 bits per heavy atom. The highest BCUT2D eigenvalue weighted by Gasteiger charge is 1.97. The molecule has 0 radical (unpaired) electrons. The summed E-state index contributed by atoms with van der Waals surface area (Å²) in [6.45, 7) is -0.799. The summed E-state index contributed by atoms with van der Waals surface area (Å²) in [6, 6.07) is 0. The Bertz CT molecular complexity index is 97.7. The minimum absolute atomic E-state index is 0.119. The largest absolute Gasteiger partial charge is 0.356 e. The van der Waals surface area contributed by atoms with Gasteiger partial charge in [-0.3, -0.25) is 13.6 Å².